The summed E-state index contributed by atoms with van der Waals surface area (Å²) in [6.07, 6.45) is 2.91. The fraction of sp³-hybridized carbons (Fsp3) is 0.240. The van der Waals surface area contributed by atoms with Crippen molar-refractivity contribution in [2.24, 2.45) is 0 Å². The van der Waals surface area contributed by atoms with Gasteiger partial charge in [-0.05, 0) is 73.2 Å². The summed E-state index contributed by atoms with van der Waals surface area (Å²) < 4.78 is 41.3. The predicted molar refractivity (Wildman–Crippen MR) is 122 cm³/mol. The molecule has 1 N–H and O–H groups in total. The Morgan fingerprint density at radius 1 is 0.969 bits per heavy atom. The molecular formula is C25H23FN2O3S. The van der Waals surface area contributed by atoms with E-state index in [0.29, 0.717) is 30.8 Å². The second-order valence-corrected chi connectivity index (χ2v) is 10.2. The van der Waals surface area contributed by atoms with E-state index in [0.717, 1.165) is 24.0 Å². The molecule has 0 aromatic heterocycles. The predicted octanol–water partition coefficient (Wildman–Crippen LogP) is 4.64. The normalized spacial score (nSPS) is 16.8. The van der Waals surface area contributed by atoms with Crippen molar-refractivity contribution >= 4 is 27.3 Å². The van der Waals surface area contributed by atoms with Crippen molar-refractivity contribution in [3.05, 3.63) is 89.7 Å². The SMILES string of the molecule is O=C(Nc1ccc2c(c1)N(S(=O)(=O)c1ccccc1)CCC2)C1(c2ccc(F)cc2)CC1. The Labute approximate surface area is 186 Å². The standard InChI is InChI=1S/C25H23FN2O3S/c26-20-11-9-19(10-12-20)25(14-15-25)24(29)27-21-13-8-18-5-4-16-28(23(18)17-21)32(30,31)22-6-2-1-3-7-22/h1-3,6-13,17H,4-5,14-16H2,(H,27,29). The molecule has 1 saturated carbocycles. The zero-order valence-corrected chi connectivity index (χ0v) is 18.2. The summed E-state index contributed by atoms with van der Waals surface area (Å²) in [5.41, 5.74) is 2.23. The summed E-state index contributed by atoms with van der Waals surface area (Å²) in [6.45, 7) is 0.390. The van der Waals surface area contributed by atoms with E-state index in [9.17, 15) is 17.6 Å². The Morgan fingerprint density at radius 3 is 2.38 bits per heavy atom. The molecule has 1 fully saturated rings. The van der Waals surface area contributed by atoms with Gasteiger partial charge in [0, 0.05) is 12.2 Å². The second-order valence-electron chi connectivity index (χ2n) is 8.38. The first-order chi connectivity index (χ1) is 15.4. The van der Waals surface area contributed by atoms with E-state index in [1.807, 2.05) is 12.1 Å². The smallest absolute Gasteiger partial charge is 0.264 e. The highest BCUT2D eigenvalue weighted by atomic mass is 32.2. The van der Waals surface area contributed by atoms with Crippen LogP contribution in [0, 0.1) is 5.82 Å². The van der Waals surface area contributed by atoms with Crippen LogP contribution in [0.3, 0.4) is 0 Å². The molecule has 5 nitrogen and oxygen atoms in total. The molecule has 3 aromatic carbocycles. The van der Waals surface area contributed by atoms with E-state index in [-0.39, 0.29) is 16.6 Å². The van der Waals surface area contributed by atoms with E-state index < -0.39 is 15.4 Å². The molecule has 7 heteroatoms. The van der Waals surface area contributed by atoms with Gasteiger partial charge < -0.3 is 5.32 Å². The number of hydrogen-bond acceptors (Lipinski definition) is 3. The molecule has 1 aliphatic carbocycles. The van der Waals surface area contributed by atoms with Crippen LogP contribution in [0.15, 0.2) is 77.7 Å². The molecule has 1 heterocycles. The summed E-state index contributed by atoms with van der Waals surface area (Å²) in [7, 11) is -3.70. The lowest BCUT2D eigenvalue weighted by Crippen LogP contribution is -2.35. The van der Waals surface area contributed by atoms with Crippen LogP contribution in [0.25, 0.3) is 0 Å². The molecule has 0 radical (unpaired) electrons. The lowest BCUT2D eigenvalue weighted by Gasteiger charge is -2.31. The van der Waals surface area contributed by atoms with E-state index in [2.05, 4.69) is 5.32 Å². The van der Waals surface area contributed by atoms with Gasteiger partial charge in [0.25, 0.3) is 10.0 Å². The van der Waals surface area contributed by atoms with Gasteiger partial charge in [0.15, 0.2) is 0 Å². The average molecular weight is 451 g/mol. The summed E-state index contributed by atoms with van der Waals surface area (Å²) >= 11 is 0. The third kappa shape index (κ3) is 3.56. The molecule has 0 spiro atoms. The van der Waals surface area contributed by atoms with Crippen molar-refractivity contribution in [2.75, 3.05) is 16.2 Å². The van der Waals surface area contributed by atoms with Crippen molar-refractivity contribution in [1.82, 2.24) is 0 Å². The topological polar surface area (TPSA) is 66.5 Å². The van der Waals surface area contributed by atoms with Gasteiger partial charge in [0.1, 0.15) is 5.82 Å². The highest BCUT2D eigenvalue weighted by Gasteiger charge is 2.51. The van der Waals surface area contributed by atoms with Crippen molar-refractivity contribution in [2.45, 2.75) is 36.0 Å². The van der Waals surface area contributed by atoms with Gasteiger partial charge in [-0.15, -0.1) is 0 Å². The van der Waals surface area contributed by atoms with Crippen molar-refractivity contribution in [3.63, 3.8) is 0 Å². The highest BCUT2D eigenvalue weighted by molar-refractivity contribution is 7.92. The minimum absolute atomic E-state index is 0.155. The van der Waals surface area contributed by atoms with Gasteiger partial charge in [0.2, 0.25) is 5.91 Å². The number of nitrogens with zero attached hydrogens (tertiary/aromatic N) is 1. The number of carbonyl (C=O) groups is 1. The van der Waals surface area contributed by atoms with Gasteiger partial charge in [-0.3, -0.25) is 9.10 Å². The number of nitrogens with one attached hydrogen (secondary N) is 1. The zero-order valence-electron chi connectivity index (χ0n) is 17.4. The molecule has 0 saturated heterocycles. The third-order valence-electron chi connectivity index (χ3n) is 6.33. The molecule has 0 unspecified atom stereocenters. The van der Waals surface area contributed by atoms with Gasteiger partial charge >= 0.3 is 0 Å². The fourth-order valence-electron chi connectivity index (χ4n) is 4.38. The van der Waals surface area contributed by atoms with Crippen molar-refractivity contribution in [1.29, 1.82) is 0 Å². The van der Waals surface area contributed by atoms with Crippen LogP contribution in [0.5, 0.6) is 0 Å². The maximum atomic E-state index is 13.3. The molecule has 5 rings (SSSR count). The Hall–Kier alpha value is -3.19. The minimum atomic E-state index is -3.70. The van der Waals surface area contributed by atoms with Gasteiger partial charge in [-0.25, -0.2) is 12.8 Å². The first kappa shape index (κ1) is 20.7. The molecule has 164 valence electrons. The van der Waals surface area contributed by atoms with Crippen molar-refractivity contribution < 1.29 is 17.6 Å². The molecule has 0 atom stereocenters. The molecule has 1 aliphatic heterocycles. The number of rotatable bonds is 5. The van der Waals surface area contributed by atoms with Gasteiger partial charge in [-0.2, -0.15) is 0 Å². The molecule has 0 bridgehead atoms. The van der Waals surface area contributed by atoms with Crippen molar-refractivity contribution in [3.8, 4) is 0 Å². The molecule has 3 aromatic rings. The Balaban J connectivity index is 1.44. The Kier molecular flexibility index (Phi) is 5.01. The van der Waals surface area contributed by atoms with Crippen LogP contribution in [-0.4, -0.2) is 20.9 Å². The molecule has 32 heavy (non-hydrogen) atoms. The second kappa shape index (κ2) is 7.74. The molecule has 1 amide bonds. The van der Waals surface area contributed by atoms with Gasteiger partial charge in [-0.1, -0.05) is 36.4 Å². The van der Waals surface area contributed by atoms with E-state index >= 15 is 0 Å². The fourth-order valence-corrected chi connectivity index (χ4v) is 5.93. The molecule has 2 aliphatic rings. The first-order valence-corrected chi connectivity index (χ1v) is 12.1. The number of sulfonamides is 1. The van der Waals surface area contributed by atoms with Crippen LogP contribution in [0.4, 0.5) is 15.8 Å². The van der Waals surface area contributed by atoms with E-state index in [1.165, 1.54) is 16.4 Å². The monoisotopic (exact) mass is 450 g/mol. The lowest BCUT2D eigenvalue weighted by molar-refractivity contribution is -0.118. The highest BCUT2D eigenvalue weighted by Crippen LogP contribution is 2.49. The number of hydrogen-bond donors (Lipinski definition) is 1. The number of carbonyl (C=O) groups excluding carboxylic acids is 1. The number of benzene rings is 3. The number of anilines is 2. The van der Waals surface area contributed by atoms with Crippen LogP contribution in [-0.2, 0) is 26.7 Å². The zero-order chi connectivity index (χ0) is 22.3. The van der Waals surface area contributed by atoms with Gasteiger partial charge in [0.05, 0.1) is 16.0 Å². The summed E-state index contributed by atoms with van der Waals surface area (Å²) in [6, 6.07) is 19.9. The number of halogens is 1. The van der Waals surface area contributed by atoms with E-state index in [1.54, 1.807) is 48.5 Å². The maximum absolute atomic E-state index is 13.3. The third-order valence-corrected chi connectivity index (χ3v) is 8.16. The van der Waals surface area contributed by atoms with E-state index in [4.69, 9.17) is 0 Å². The van der Waals surface area contributed by atoms with Crippen LogP contribution in [0.2, 0.25) is 0 Å². The number of amides is 1. The van der Waals surface area contributed by atoms with Crippen LogP contribution >= 0.6 is 0 Å². The minimum Gasteiger partial charge on any atom is -0.325 e. The summed E-state index contributed by atoms with van der Waals surface area (Å²) in [5.74, 6) is -0.489. The summed E-state index contributed by atoms with van der Waals surface area (Å²) in [5, 5.41) is 2.97. The van der Waals surface area contributed by atoms with Crippen LogP contribution < -0.4 is 9.62 Å². The summed E-state index contributed by atoms with van der Waals surface area (Å²) in [4.78, 5) is 13.4. The van der Waals surface area contributed by atoms with Crippen LogP contribution in [0.1, 0.15) is 30.4 Å². The molecular weight excluding hydrogens is 427 g/mol. The first-order valence-electron chi connectivity index (χ1n) is 10.7. The largest absolute Gasteiger partial charge is 0.325 e. The Bertz CT molecular complexity index is 1270. The number of aryl methyl sites for hydroxylation is 1. The number of fused-ring (bicyclic) bond motifs is 1. The quantitative estimate of drug-likeness (QED) is 0.616. The average Bonchev–Trinajstić information content (AvgIpc) is 3.62. The maximum Gasteiger partial charge on any atom is 0.264 e. The lowest BCUT2D eigenvalue weighted by atomic mass is 9.94. The Morgan fingerprint density at radius 2 is 1.69 bits per heavy atom.